The third-order valence-corrected chi connectivity index (χ3v) is 6.43. The van der Waals surface area contributed by atoms with Gasteiger partial charge in [-0.25, -0.2) is 0 Å². The van der Waals surface area contributed by atoms with E-state index in [1.807, 2.05) is 24.3 Å². The Morgan fingerprint density at radius 2 is 0.750 bits per heavy atom. The van der Waals surface area contributed by atoms with E-state index in [0.717, 1.165) is 22.3 Å². The Morgan fingerprint density at radius 3 is 1.06 bits per heavy atom. The summed E-state index contributed by atoms with van der Waals surface area (Å²) in [5, 5.41) is 16.2. The molecular weight excluding hydrogens is 448 g/mol. The molecule has 0 aliphatic rings. The van der Waals surface area contributed by atoms with Crippen LogP contribution in [0.1, 0.15) is 52.7 Å². The van der Waals surface area contributed by atoms with Crippen molar-refractivity contribution in [1.82, 2.24) is 20.7 Å². The van der Waals surface area contributed by atoms with E-state index in [1.54, 1.807) is 0 Å². The normalized spacial score (nSPS) is 12.2. The number of rotatable bonds is 4. The van der Waals surface area contributed by atoms with E-state index in [2.05, 4.69) is 111 Å². The van der Waals surface area contributed by atoms with Gasteiger partial charge in [-0.1, -0.05) is 114 Å². The fourth-order valence-electron chi connectivity index (χ4n) is 4.17. The highest BCUT2D eigenvalue weighted by atomic mass is 16.5. The summed E-state index contributed by atoms with van der Waals surface area (Å²) in [6, 6.07) is 24.7. The SMILES string of the molecule is CC(C)(C)c1ccc(-c2onnc2-c2ccc(-c3nnoc3-c3ccc(C(C)(C)C)cc3)cc2)cc1. The predicted molar refractivity (Wildman–Crippen MR) is 141 cm³/mol. The van der Waals surface area contributed by atoms with Crippen LogP contribution in [-0.2, 0) is 10.8 Å². The Bertz CT molecular complexity index is 1350. The van der Waals surface area contributed by atoms with Crippen LogP contribution in [0.4, 0.5) is 0 Å². The molecule has 0 unspecified atom stereocenters. The van der Waals surface area contributed by atoms with Crippen molar-refractivity contribution in [3.63, 3.8) is 0 Å². The molecule has 0 bridgehead atoms. The van der Waals surface area contributed by atoms with Gasteiger partial charge in [0.25, 0.3) is 0 Å². The van der Waals surface area contributed by atoms with Gasteiger partial charge in [0.1, 0.15) is 11.4 Å². The van der Waals surface area contributed by atoms with Gasteiger partial charge in [0.2, 0.25) is 0 Å². The van der Waals surface area contributed by atoms with Crippen molar-refractivity contribution in [3.8, 4) is 45.2 Å². The van der Waals surface area contributed by atoms with Crippen LogP contribution in [0.5, 0.6) is 0 Å². The maximum absolute atomic E-state index is 5.55. The van der Waals surface area contributed by atoms with Crippen LogP contribution in [0.2, 0.25) is 0 Å². The largest absolute Gasteiger partial charge is 0.336 e. The van der Waals surface area contributed by atoms with Crippen molar-refractivity contribution in [3.05, 3.63) is 83.9 Å². The van der Waals surface area contributed by atoms with Crippen molar-refractivity contribution in [2.24, 2.45) is 0 Å². The average molecular weight is 479 g/mol. The molecule has 0 radical (unpaired) electrons. The number of hydrogen-bond donors (Lipinski definition) is 0. The fraction of sp³-hybridized carbons (Fsp3) is 0.267. The quantitative estimate of drug-likeness (QED) is 0.263. The molecule has 6 nitrogen and oxygen atoms in total. The van der Waals surface area contributed by atoms with Gasteiger partial charge in [0, 0.05) is 32.8 Å². The molecule has 6 heteroatoms. The van der Waals surface area contributed by atoms with Crippen molar-refractivity contribution in [2.45, 2.75) is 52.4 Å². The van der Waals surface area contributed by atoms with Gasteiger partial charge in [-0.05, 0) is 22.0 Å². The lowest BCUT2D eigenvalue weighted by Gasteiger charge is -2.18. The van der Waals surface area contributed by atoms with Crippen LogP contribution < -0.4 is 0 Å². The minimum Gasteiger partial charge on any atom is -0.336 e. The van der Waals surface area contributed by atoms with E-state index in [1.165, 1.54) is 11.1 Å². The van der Waals surface area contributed by atoms with E-state index in [4.69, 9.17) is 9.05 Å². The lowest BCUT2D eigenvalue weighted by molar-refractivity contribution is 0.403. The Balaban J connectivity index is 1.43. The summed E-state index contributed by atoms with van der Waals surface area (Å²) in [4.78, 5) is 0. The first-order valence-electron chi connectivity index (χ1n) is 12.1. The molecule has 182 valence electrons. The van der Waals surface area contributed by atoms with Crippen LogP contribution >= 0.6 is 0 Å². The molecule has 2 heterocycles. The van der Waals surface area contributed by atoms with Crippen molar-refractivity contribution in [2.75, 3.05) is 0 Å². The summed E-state index contributed by atoms with van der Waals surface area (Å²) < 4.78 is 11.1. The van der Waals surface area contributed by atoms with E-state index in [0.29, 0.717) is 22.9 Å². The molecule has 0 N–H and O–H groups in total. The number of benzene rings is 3. The third-order valence-electron chi connectivity index (χ3n) is 6.43. The molecule has 0 aliphatic heterocycles. The van der Waals surface area contributed by atoms with Crippen molar-refractivity contribution >= 4 is 0 Å². The van der Waals surface area contributed by atoms with Crippen LogP contribution in [0.15, 0.2) is 81.8 Å². The van der Waals surface area contributed by atoms with Gasteiger partial charge in [-0.3, -0.25) is 0 Å². The fourth-order valence-corrected chi connectivity index (χ4v) is 4.17. The monoisotopic (exact) mass is 478 g/mol. The molecule has 2 aromatic heterocycles. The van der Waals surface area contributed by atoms with Gasteiger partial charge in [-0.15, -0.1) is 10.2 Å². The van der Waals surface area contributed by atoms with E-state index in [-0.39, 0.29) is 10.8 Å². The van der Waals surface area contributed by atoms with Crippen LogP contribution in [0.3, 0.4) is 0 Å². The lowest BCUT2D eigenvalue weighted by Crippen LogP contribution is -2.10. The van der Waals surface area contributed by atoms with E-state index < -0.39 is 0 Å². The zero-order valence-electron chi connectivity index (χ0n) is 21.5. The minimum absolute atomic E-state index is 0.0836. The summed E-state index contributed by atoms with van der Waals surface area (Å²) in [7, 11) is 0. The highest BCUT2D eigenvalue weighted by Gasteiger charge is 2.20. The molecule has 0 amide bonds. The second-order valence-corrected chi connectivity index (χ2v) is 11.1. The maximum Gasteiger partial charge on any atom is 0.195 e. The molecule has 5 rings (SSSR count). The van der Waals surface area contributed by atoms with Crippen LogP contribution in [0, 0.1) is 0 Å². The molecule has 3 aromatic carbocycles. The highest BCUT2D eigenvalue weighted by Crippen LogP contribution is 2.35. The van der Waals surface area contributed by atoms with E-state index in [9.17, 15) is 0 Å². The lowest BCUT2D eigenvalue weighted by atomic mass is 9.86. The number of nitrogens with zero attached hydrogens (tertiary/aromatic N) is 4. The molecule has 5 aromatic rings. The van der Waals surface area contributed by atoms with Gasteiger partial charge in [-0.2, -0.15) is 0 Å². The summed E-state index contributed by atoms with van der Waals surface area (Å²) >= 11 is 0. The molecule has 0 atom stereocenters. The van der Waals surface area contributed by atoms with Crippen molar-refractivity contribution < 1.29 is 9.05 Å². The second kappa shape index (κ2) is 8.86. The first kappa shape index (κ1) is 23.7. The predicted octanol–water partition coefficient (Wildman–Crippen LogP) is 7.72. The average Bonchev–Trinajstić information content (AvgIpc) is 3.54. The third kappa shape index (κ3) is 4.59. The van der Waals surface area contributed by atoms with E-state index >= 15 is 0 Å². The molecule has 0 spiro atoms. The molecule has 0 fully saturated rings. The minimum atomic E-state index is 0.0836. The molecule has 36 heavy (non-hydrogen) atoms. The zero-order valence-corrected chi connectivity index (χ0v) is 21.5. The Hall–Kier alpha value is -4.06. The second-order valence-electron chi connectivity index (χ2n) is 11.1. The topological polar surface area (TPSA) is 77.8 Å². The van der Waals surface area contributed by atoms with Crippen LogP contribution in [-0.4, -0.2) is 20.7 Å². The van der Waals surface area contributed by atoms with Gasteiger partial charge in [0.05, 0.1) is 0 Å². The standard InChI is InChI=1S/C30H30N4O2/c1-29(2,3)23-15-11-21(12-16-23)27-25(31-33-35-27)19-7-9-20(10-8-19)26-28(36-34-32-26)22-13-17-24(18-14-22)30(4,5)6/h7-18H,1-6H3. The summed E-state index contributed by atoms with van der Waals surface area (Å²) in [5.41, 5.74) is 7.76. The molecular formula is C30H30N4O2. The van der Waals surface area contributed by atoms with Crippen molar-refractivity contribution in [1.29, 1.82) is 0 Å². The van der Waals surface area contributed by atoms with Gasteiger partial charge in [0.15, 0.2) is 11.5 Å². The number of aromatic nitrogens is 4. The first-order valence-corrected chi connectivity index (χ1v) is 12.1. The Labute approximate surface area is 211 Å². The summed E-state index contributed by atoms with van der Waals surface area (Å²) in [6.07, 6.45) is 0. The van der Waals surface area contributed by atoms with Crippen LogP contribution in [0.25, 0.3) is 45.2 Å². The smallest absolute Gasteiger partial charge is 0.195 e. The molecule has 0 saturated carbocycles. The summed E-state index contributed by atoms with van der Waals surface area (Å²) in [5.74, 6) is 1.29. The summed E-state index contributed by atoms with van der Waals surface area (Å²) in [6.45, 7) is 13.2. The highest BCUT2D eigenvalue weighted by molar-refractivity contribution is 5.80. The number of hydrogen-bond acceptors (Lipinski definition) is 6. The molecule has 0 aliphatic carbocycles. The maximum atomic E-state index is 5.55. The molecule has 0 saturated heterocycles. The van der Waals surface area contributed by atoms with Gasteiger partial charge < -0.3 is 9.05 Å². The first-order chi connectivity index (χ1) is 17.1. The van der Waals surface area contributed by atoms with Gasteiger partial charge >= 0.3 is 0 Å². The Morgan fingerprint density at radius 1 is 0.444 bits per heavy atom. The zero-order chi connectivity index (χ0) is 25.5. The Kier molecular flexibility index (Phi) is 5.83.